The maximum absolute atomic E-state index is 11.7. The van der Waals surface area contributed by atoms with Crippen LogP contribution in [0.15, 0.2) is 0 Å². The topological polar surface area (TPSA) is 86.7 Å². The maximum atomic E-state index is 11.7. The molecule has 1 aliphatic carbocycles. The molecule has 0 heterocycles. The van der Waals surface area contributed by atoms with E-state index < -0.39 is 11.9 Å². The van der Waals surface area contributed by atoms with Crippen LogP contribution in [0.5, 0.6) is 0 Å². The van der Waals surface area contributed by atoms with Gasteiger partial charge in [-0.05, 0) is 25.7 Å². The Morgan fingerprint density at radius 3 is 2.39 bits per heavy atom. The monoisotopic (exact) mass is 256 g/mol. The summed E-state index contributed by atoms with van der Waals surface area (Å²) in [5, 5.41) is 10.9. The molecule has 0 aromatic carbocycles. The molecule has 0 aliphatic heterocycles. The Kier molecular flexibility index (Phi) is 5.12. The largest absolute Gasteiger partial charge is 0.481 e. The fraction of sp³-hybridized carbons (Fsp3) is 0.750. The first-order valence-corrected chi connectivity index (χ1v) is 6.26. The minimum atomic E-state index is -0.935. The third-order valence-electron chi connectivity index (χ3n) is 2.89. The Labute approximate surface area is 106 Å². The first-order valence-electron chi connectivity index (χ1n) is 6.26. The number of carboxylic acids is 1. The fourth-order valence-electron chi connectivity index (χ4n) is 1.88. The van der Waals surface area contributed by atoms with Gasteiger partial charge in [-0.25, -0.2) is 4.79 Å². The Balaban J connectivity index is 2.34. The molecular formula is C12H20N2O4. The number of carbonyl (C=O) groups is 3. The van der Waals surface area contributed by atoms with Crippen molar-refractivity contribution in [3.05, 3.63) is 0 Å². The van der Waals surface area contributed by atoms with Crippen LogP contribution in [0.1, 0.15) is 39.5 Å². The van der Waals surface area contributed by atoms with Crippen molar-refractivity contribution in [3.63, 3.8) is 0 Å². The summed E-state index contributed by atoms with van der Waals surface area (Å²) in [6.07, 6.45) is 1.97. The number of aliphatic carboxylic acids is 1. The van der Waals surface area contributed by atoms with E-state index in [-0.39, 0.29) is 30.8 Å². The average molecular weight is 256 g/mol. The number of hydrogen-bond donors (Lipinski definition) is 2. The van der Waals surface area contributed by atoms with Gasteiger partial charge in [0, 0.05) is 25.4 Å². The van der Waals surface area contributed by atoms with Crippen LogP contribution in [-0.4, -0.2) is 40.5 Å². The molecule has 1 atom stereocenters. The number of urea groups is 1. The smallest absolute Gasteiger partial charge is 0.324 e. The number of rotatable bonds is 6. The Hall–Kier alpha value is -1.59. The van der Waals surface area contributed by atoms with Crippen LogP contribution in [0.2, 0.25) is 0 Å². The molecule has 0 bridgehead atoms. The van der Waals surface area contributed by atoms with E-state index in [4.69, 9.17) is 5.11 Å². The molecule has 18 heavy (non-hydrogen) atoms. The van der Waals surface area contributed by atoms with E-state index in [9.17, 15) is 14.4 Å². The molecule has 3 amide bonds. The highest BCUT2D eigenvalue weighted by atomic mass is 16.4. The zero-order valence-corrected chi connectivity index (χ0v) is 10.8. The number of carbonyl (C=O) groups excluding carboxylic acids is 2. The number of carboxylic acid groups (broad SMARTS) is 1. The molecule has 0 aromatic heterocycles. The molecule has 1 aliphatic rings. The lowest BCUT2D eigenvalue weighted by atomic mass is 10.0. The van der Waals surface area contributed by atoms with Gasteiger partial charge < -0.3 is 10.0 Å². The van der Waals surface area contributed by atoms with Gasteiger partial charge in [-0.15, -0.1) is 0 Å². The third kappa shape index (κ3) is 4.73. The van der Waals surface area contributed by atoms with Crippen molar-refractivity contribution in [1.82, 2.24) is 10.2 Å². The van der Waals surface area contributed by atoms with Crippen LogP contribution in [0, 0.1) is 5.92 Å². The van der Waals surface area contributed by atoms with E-state index in [0.29, 0.717) is 6.54 Å². The van der Waals surface area contributed by atoms with E-state index >= 15 is 0 Å². The quantitative estimate of drug-likeness (QED) is 0.747. The summed E-state index contributed by atoms with van der Waals surface area (Å²) < 4.78 is 0. The summed E-state index contributed by atoms with van der Waals surface area (Å²) >= 11 is 0. The highest BCUT2D eigenvalue weighted by Gasteiger charge is 2.32. The van der Waals surface area contributed by atoms with E-state index in [0.717, 1.165) is 12.8 Å². The van der Waals surface area contributed by atoms with Crippen molar-refractivity contribution < 1.29 is 19.5 Å². The lowest BCUT2D eigenvalue weighted by molar-refractivity contribution is -0.138. The van der Waals surface area contributed by atoms with Gasteiger partial charge in [0.15, 0.2) is 0 Å². The Morgan fingerprint density at radius 1 is 1.33 bits per heavy atom. The van der Waals surface area contributed by atoms with Crippen LogP contribution in [-0.2, 0) is 9.59 Å². The maximum Gasteiger partial charge on any atom is 0.324 e. The number of nitrogens with zero attached hydrogens (tertiary/aromatic N) is 1. The number of imide groups is 1. The first kappa shape index (κ1) is 14.5. The van der Waals surface area contributed by atoms with Gasteiger partial charge in [0.05, 0.1) is 0 Å². The molecule has 0 saturated heterocycles. The van der Waals surface area contributed by atoms with E-state index in [2.05, 4.69) is 5.32 Å². The highest BCUT2D eigenvalue weighted by molar-refractivity contribution is 5.94. The molecule has 6 nitrogen and oxygen atoms in total. The molecular weight excluding hydrogens is 236 g/mol. The van der Waals surface area contributed by atoms with Gasteiger partial charge in [0.1, 0.15) is 0 Å². The van der Waals surface area contributed by atoms with Crippen LogP contribution < -0.4 is 5.32 Å². The minimum Gasteiger partial charge on any atom is -0.481 e. The summed E-state index contributed by atoms with van der Waals surface area (Å²) in [6.45, 7) is 4.13. The van der Waals surface area contributed by atoms with Crippen LogP contribution in [0.4, 0.5) is 4.79 Å². The molecule has 0 radical (unpaired) electrons. The Morgan fingerprint density at radius 2 is 1.94 bits per heavy atom. The minimum absolute atomic E-state index is 0.0558. The van der Waals surface area contributed by atoms with Gasteiger partial charge in [-0.1, -0.05) is 6.92 Å². The molecule has 102 valence electrons. The first-order chi connectivity index (χ1) is 8.43. The van der Waals surface area contributed by atoms with Crippen molar-refractivity contribution in [1.29, 1.82) is 0 Å². The molecule has 2 N–H and O–H groups in total. The van der Waals surface area contributed by atoms with Gasteiger partial charge in [0.25, 0.3) is 0 Å². The SMILES string of the molecule is CCN(C(=O)NC(=O)CC(C)CC(=O)O)C1CC1. The highest BCUT2D eigenvalue weighted by Crippen LogP contribution is 2.26. The number of hydrogen-bond acceptors (Lipinski definition) is 3. The zero-order valence-electron chi connectivity index (χ0n) is 10.8. The second-order valence-electron chi connectivity index (χ2n) is 4.78. The second kappa shape index (κ2) is 6.37. The van der Waals surface area contributed by atoms with E-state index in [1.807, 2.05) is 6.92 Å². The molecule has 0 aromatic rings. The predicted octanol–water partition coefficient (Wildman–Crippen LogP) is 1.21. The predicted molar refractivity (Wildman–Crippen MR) is 65.0 cm³/mol. The zero-order chi connectivity index (χ0) is 13.7. The van der Waals surface area contributed by atoms with Crippen LogP contribution >= 0.6 is 0 Å². The summed E-state index contributed by atoms with van der Waals surface area (Å²) in [6, 6.07) is -0.105. The normalized spacial score (nSPS) is 15.9. The van der Waals surface area contributed by atoms with Gasteiger partial charge in [-0.3, -0.25) is 14.9 Å². The van der Waals surface area contributed by atoms with Crippen molar-refractivity contribution in [2.75, 3.05) is 6.54 Å². The van der Waals surface area contributed by atoms with Gasteiger partial charge >= 0.3 is 12.0 Å². The van der Waals surface area contributed by atoms with E-state index in [1.165, 1.54) is 0 Å². The Bertz CT molecular complexity index is 339. The van der Waals surface area contributed by atoms with Crippen molar-refractivity contribution >= 4 is 17.9 Å². The molecule has 1 unspecified atom stereocenters. The van der Waals surface area contributed by atoms with Gasteiger partial charge in [-0.2, -0.15) is 0 Å². The molecule has 1 saturated carbocycles. The number of nitrogens with one attached hydrogen (secondary N) is 1. The summed E-state index contributed by atoms with van der Waals surface area (Å²) in [5.74, 6) is -1.62. The lowest BCUT2D eigenvalue weighted by Gasteiger charge is -2.20. The van der Waals surface area contributed by atoms with Crippen LogP contribution in [0.3, 0.4) is 0 Å². The van der Waals surface area contributed by atoms with Crippen LogP contribution in [0.25, 0.3) is 0 Å². The van der Waals surface area contributed by atoms with Gasteiger partial charge in [0.2, 0.25) is 5.91 Å². The molecule has 6 heteroatoms. The fourth-order valence-corrected chi connectivity index (χ4v) is 1.88. The summed E-state index contributed by atoms with van der Waals surface area (Å²) in [5.41, 5.74) is 0. The van der Waals surface area contributed by atoms with Crippen molar-refractivity contribution in [2.45, 2.75) is 45.6 Å². The third-order valence-corrected chi connectivity index (χ3v) is 2.89. The molecule has 1 rings (SSSR count). The second-order valence-corrected chi connectivity index (χ2v) is 4.78. The standard InChI is InChI=1S/C12H20N2O4/c1-3-14(9-4-5-9)12(18)13-10(15)6-8(2)7-11(16)17/h8-9H,3-7H2,1-2H3,(H,16,17)(H,13,15,18). The van der Waals surface area contributed by atoms with E-state index in [1.54, 1.807) is 11.8 Å². The number of amides is 3. The molecule has 0 spiro atoms. The van der Waals surface area contributed by atoms with Crippen molar-refractivity contribution in [2.24, 2.45) is 5.92 Å². The summed E-state index contributed by atoms with van der Waals surface area (Å²) in [7, 11) is 0. The van der Waals surface area contributed by atoms with Crippen molar-refractivity contribution in [3.8, 4) is 0 Å². The summed E-state index contributed by atoms with van der Waals surface area (Å²) in [4.78, 5) is 35.4. The molecule has 1 fully saturated rings. The lowest BCUT2D eigenvalue weighted by Crippen LogP contribution is -2.44. The average Bonchev–Trinajstić information content (AvgIpc) is 3.00.